The molecule has 20 heavy (non-hydrogen) atoms. The summed E-state index contributed by atoms with van der Waals surface area (Å²) in [6, 6.07) is 6.31. The van der Waals surface area contributed by atoms with Crippen LogP contribution in [0.4, 0.5) is 0 Å². The molecule has 3 rings (SSSR count). The molecule has 0 spiro atoms. The standard InChI is InChI=1S/C15H21N3OS/c1-11-4-5-13-14(9-11)18-15(17-13)20-8-6-16-10-12-3-2-7-19-12/h4-5,9,12,16H,2-3,6-8,10H2,1H3,(H,17,18). The van der Waals surface area contributed by atoms with Crippen LogP contribution >= 0.6 is 11.8 Å². The van der Waals surface area contributed by atoms with Crippen LogP contribution in [0.3, 0.4) is 0 Å². The summed E-state index contributed by atoms with van der Waals surface area (Å²) in [5, 5.41) is 4.46. The summed E-state index contributed by atoms with van der Waals surface area (Å²) in [6.45, 7) is 4.99. The van der Waals surface area contributed by atoms with Gasteiger partial charge in [0, 0.05) is 25.4 Å². The summed E-state index contributed by atoms with van der Waals surface area (Å²) in [5.74, 6) is 1.02. The Labute approximate surface area is 123 Å². The molecule has 1 unspecified atom stereocenters. The lowest BCUT2D eigenvalue weighted by atomic mass is 10.2. The Morgan fingerprint density at radius 3 is 3.30 bits per heavy atom. The van der Waals surface area contributed by atoms with Crippen molar-refractivity contribution in [1.29, 1.82) is 0 Å². The van der Waals surface area contributed by atoms with Gasteiger partial charge in [-0.25, -0.2) is 4.98 Å². The maximum absolute atomic E-state index is 5.58. The van der Waals surface area contributed by atoms with Gasteiger partial charge in [-0.05, 0) is 37.5 Å². The van der Waals surface area contributed by atoms with Crippen molar-refractivity contribution in [1.82, 2.24) is 15.3 Å². The van der Waals surface area contributed by atoms with Crippen molar-refractivity contribution in [2.75, 3.05) is 25.4 Å². The van der Waals surface area contributed by atoms with Gasteiger partial charge in [0.05, 0.1) is 17.1 Å². The van der Waals surface area contributed by atoms with E-state index in [0.717, 1.165) is 41.6 Å². The average Bonchev–Trinajstić information content (AvgIpc) is 3.06. The molecule has 2 aromatic rings. The van der Waals surface area contributed by atoms with Crippen LogP contribution in [0.2, 0.25) is 0 Å². The molecule has 0 amide bonds. The molecule has 1 aliphatic heterocycles. The summed E-state index contributed by atoms with van der Waals surface area (Å²) in [6.07, 6.45) is 2.83. The zero-order chi connectivity index (χ0) is 13.8. The van der Waals surface area contributed by atoms with Gasteiger partial charge in [0.15, 0.2) is 5.16 Å². The molecule has 5 heteroatoms. The van der Waals surface area contributed by atoms with Crippen LogP contribution in [-0.4, -0.2) is 41.5 Å². The van der Waals surface area contributed by atoms with E-state index in [0.29, 0.717) is 6.10 Å². The van der Waals surface area contributed by atoms with E-state index in [9.17, 15) is 0 Å². The molecular weight excluding hydrogens is 270 g/mol. The van der Waals surface area contributed by atoms with E-state index in [2.05, 4.69) is 40.4 Å². The third-order valence-electron chi connectivity index (χ3n) is 3.53. The fourth-order valence-electron chi connectivity index (χ4n) is 2.46. The monoisotopic (exact) mass is 291 g/mol. The van der Waals surface area contributed by atoms with E-state index in [1.165, 1.54) is 18.4 Å². The third kappa shape index (κ3) is 3.53. The summed E-state index contributed by atoms with van der Waals surface area (Å²) in [7, 11) is 0. The smallest absolute Gasteiger partial charge is 0.166 e. The normalized spacial score (nSPS) is 18.9. The number of aromatic amines is 1. The van der Waals surface area contributed by atoms with Gasteiger partial charge < -0.3 is 15.0 Å². The van der Waals surface area contributed by atoms with Gasteiger partial charge in [0.2, 0.25) is 0 Å². The zero-order valence-corrected chi connectivity index (χ0v) is 12.6. The van der Waals surface area contributed by atoms with Crippen LogP contribution in [0.15, 0.2) is 23.4 Å². The van der Waals surface area contributed by atoms with Crippen LogP contribution in [0.25, 0.3) is 11.0 Å². The first-order valence-electron chi connectivity index (χ1n) is 7.23. The quantitative estimate of drug-likeness (QED) is 0.635. The van der Waals surface area contributed by atoms with Crippen molar-refractivity contribution in [3.05, 3.63) is 23.8 Å². The molecule has 0 radical (unpaired) electrons. The van der Waals surface area contributed by atoms with Crippen molar-refractivity contribution in [3.8, 4) is 0 Å². The SMILES string of the molecule is Cc1ccc2nc(SCCNCC3CCCO3)[nH]c2c1. The molecule has 1 aromatic carbocycles. The molecule has 4 nitrogen and oxygen atoms in total. The first kappa shape index (κ1) is 13.9. The van der Waals surface area contributed by atoms with E-state index in [1.54, 1.807) is 11.8 Å². The van der Waals surface area contributed by atoms with Crippen molar-refractivity contribution in [2.24, 2.45) is 0 Å². The van der Waals surface area contributed by atoms with Gasteiger partial charge in [0.25, 0.3) is 0 Å². The van der Waals surface area contributed by atoms with Gasteiger partial charge in [-0.1, -0.05) is 17.8 Å². The molecular formula is C15H21N3OS. The number of nitrogens with zero attached hydrogens (tertiary/aromatic N) is 1. The molecule has 1 fully saturated rings. The molecule has 1 atom stereocenters. The number of aromatic nitrogens is 2. The van der Waals surface area contributed by atoms with Crippen molar-refractivity contribution in [3.63, 3.8) is 0 Å². The van der Waals surface area contributed by atoms with E-state index >= 15 is 0 Å². The molecule has 108 valence electrons. The lowest BCUT2D eigenvalue weighted by Crippen LogP contribution is -2.27. The minimum absolute atomic E-state index is 0.425. The number of benzene rings is 1. The van der Waals surface area contributed by atoms with Crippen molar-refractivity contribution in [2.45, 2.75) is 31.0 Å². The number of aryl methyl sites for hydroxylation is 1. The van der Waals surface area contributed by atoms with Crippen LogP contribution in [-0.2, 0) is 4.74 Å². The molecule has 0 saturated carbocycles. The number of hydrogen-bond acceptors (Lipinski definition) is 4. The van der Waals surface area contributed by atoms with Gasteiger partial charge in [-0.15, -0.1) is 0 Å². The summed E-state index contributed by atoms with van der Waals surface area (Å²) < 4.78 is 5.58. The minimum Gasteiger partial charge on any atom is -0.377 e. The van der Waals surface area contributed by atoms with E-state index in [-0.39, 0.29) is 0 Å². The highest BCUT2D eigenvalue weighted by Crippen LogP contribution is 2.19. The molecule has 0 bridgehead atoms. The topological polar surface area (TPSA) is 49.9 Å². The summed E-state index contributed by atoms with van der Waals surface area (Å²) in [4.78, 5) is 7.95. The maximum atomic E-state index is 5.58. The molecule has 0 aliphatic carbocycles. The van der Waals surface area contributed by atoms with Crippen molar-refractivity contribution >= 4 is 22.8 Å². The first-order valence-corrected chi connectivity index (χ1v) is 8.21. The number of thioether (sulfide) groups is 1. The summed E-state index contributed by atoms with van der Waals surface area (Å²) >= 11 is 1.76. The van der Waals surface area contributed by atoms with Crippen molar-refractivity contribution < 1.29 is 4.74 Å². The first-order chi connectivity index (χ1) is 9.81. The van der Waals surface area contributed by atoms with Gasteiger partial charge >= 0.3 is 0 Å². The number of fused-ring (bicyclic) bond motifs is 1. The molecule has 2 heterocycles. The van der Waals surface area contributed by atoms with Crippen LogP contribution < -0.4 is 5.32 Å². The predicted octanol–water partition coefficient (Wildman–Crippen LogP) is 2.73. The number of nitrogens with one attached hydrogen (secondary N) is 2. The highest BCUT2D eigenvalue weighted by Gasteiger charge is 2.14. The number of ether oxygens (including phenoxy) is 1. The fourth-order valence-corrected chi connectivity index (χ4v) is 3.24. The second kappa shape index (κ2) is 6.61. The van der Waals surface area contributed by atoms with Gasteiger partial charge in [-0.3, -0.25) is 0 Å². The van der Waals surface area contributed by atoms with E-state index in [1.807, 2.05) is 0 Å². The van der Waals surface area contributed by atoms with E-state index < -0.39 is 0 Å². The van der Waals surface area contributed by atoms with Gasteiger partial charge in [-0.2, -0.15) is 0 Å². The molecule has 1 aliphatic rings. The molecule has 1 aromatic heterocycles. The van der Waals surface area contributed by atoms with Crippen LogP contribution in [0, 0.1) is 6.92 Å². The Morgan fingerprint density at radius 2 is 2.45 bits per heavy atom. The average molecular weight is 291 g/mol. The third-order valence-corrected chi connectivity index (χ3v) is 4.40. The Morgan fingerprint density at radius 1 is 1.50 bits per heavy atom. The number of rotatable bonds is 6. The van der Waals surface area contributed by atoms with E-state index in [4.69, 9.17) is 4.74 Å². The Bertz CT molecular complexity index is 563. The van der Waals surface area contributed by atoms with Crippen LogP contribution in [0.5, 0.6) is 0 Å². The molecule has 1 saturated heterocycles. The highest BCUT2D eigenvalue weighted by atomic mass is 32.2. The largest absolute Gasteiger partial charge is 0.377 e. The zero-order valence-electron chi connectivity index (χ0n) is 11.8. The number of hydrogen-bond donors (Lipinski definition) is 2. The Balaban J connectivity index is 1.42. The van der Waals surface area contributed by atoms with Gasteiger partial charge in [0.1, 0.15) is 0 Å². The fraction of sp³-hybridized carbons (Fsp3) is 0.533. The maximum Gasteiger partial charge on any atom is 0.166 e. The van der Waals surface area contributed by atoms with Crippen LogP contribution in [0.1, 0.15) is 18.4 Å². The lowest BCUT2D eigenvalue weighted by molar-refractivity contribution is 0.110. The highest BCUT2D eigenvalue weighted by molar-refractivity contribution is 7.99. The summed E-state index contributed by atoms with van der Waals surface area (Å²) in [5.41, 5.74) is 3.43. The molecule has 2 N–H and O–H groups in total. The Hall–Kier alpha value is -1.04. The predicted molar refractivity (Wildman–Crippen MR) is 83.4 cm³/mol. The second-order valence-electron chi connectivity index (χ2n) is 5.25. The second-order valence-corrected chi connectivity index (χ2v) is 6.33. The lowest BCUT2D eigenvalue weighted by Gasteiger charge is -2.09. The number of imidazole rings is 1. The number of H-pyrrole nitrogens is 1. The Kier molecular flexibility index (Phi) is 4.60. The minimum atomic E-state index is 0.425.